The van der Waals surface area contributed by atoms with E-state index in [1.807, 2.05) is 0 Å². The molecule has 1 aromatic heterocycles. The van der Waals surface area contributed by atoms with E-state index in [0.29, 0.717) is 6.61 Å². The van der Waals surface area contributed by atoms with E-state index in [1.165, 1.54) is 5.56 Å². The van der Waals surface area contributed by atoms with Crippen molar-refractivity contribution in [2.75, 3.05) is 0 Å². The molecule has 0 radical (unpaired) electrons. The molecule has 0 atom stereocenters. The maximum Gasteiger partial charge on any atom is 0.0890 e. The Morgan fingerprint density at radius 3 is 2.75 bits per heavy atom. The van der Waals surface area contributed by atoms with Crippen molar-refractivity contribution in [2.45, 2.75) is 39.4 Å². The molecule has 0 unspecified atom stereocenters. The summed E-state index contributed by atoms with van der Waals surface area (Å²) in [5, 5.41) is 7.32. The highest BCUT2D eigenvalue weighted by molar-refractivity contribution is 5.31. The SMILES string of the molecule is CC(C)(C)c1n[nH]c2c1COC2. The molecular weight excluding hydrogens is 152 g/mol. The van der Waals surface area contributed by atoms with Crippen molar-refractivity contribution in [3.8, 4) is 0 Å². The van der Waals surface area contributed by atoms with Crippen LogP contribution in [0.2, 0.25) is 0 Å². The van der Waals surface area contributed by atoms with Crippen molar-refractivity contribution in [2.24, 2.45) is 0 Å². The van der Waals surface area contributed by atoms with E-state index < -0.39 is 0 Å². The molecule has 0 amide bonds. The third-order valence-electron chi connectivity index (χ3n) is 2.16. The lowest BCUT2D eigenvalue weighted by atomic mass is 9.89. The minimum atomic E-state index is 0.123. The molecule has 0 saturated carbocycles. The second-order valence-electron chi connectivity index (χ2n) is 4.27. The highest BCUT2D eigenvalue weighted by Crippen LogP contribution is 2.29. The van der Waals surface area contributed by atoms with Gasteiger partial charge in [0, 0.05) is 11.0 Å². The quantitative estimate of drug-likeness (QED) is 0.637. The minimum Gasteiger partial charge on any atom is -0.370 e. The van der Waals surface area contributed by atoms with Crippen molar-refractivity contribution < 1.29 is 4.74 Å². The summed E-state index contributed by atoms with van der Waals surface area (Å²) in [6, 6.07) is 0. The van der Waals surface area contributed by atoms with E-state index >= 15 is 0 Å². The molecule has 1 N–H and O–H groups in total. The molecule has 1 aromatic rings. The second-order valence-corrected chi connectivity index (χ2v) is 4.27. The van der Waals surface area contributed by atoms with Crippen molar-refractivity contribution in [3.63, 3.8) is 0 Å². The Hall–Kier alpha value is -0.830. The average molecular weight is 166 g/mol. The first-order valence-corrected chi connectivity index (χ1v) is 4.23. The standard InChI is InChI=1S/C9H14N2O/c1-9(2,3)8-6-4-12-5-7(6)10-11-8/h4-5H2,1-3H3,(H,10,11). The Balaban J connectivity index is 2.46. The van der Waals surface area contributed by atoms with Crippen LogP contribution in [0.25, 0.3) is 0 Å². The molecule has 1 aliphatic heterocycles. The van der Waals surface area contributed by atoms with Gasteiger partial charge < -0.3 is 4.74 Å². The lowest BCUT2D eigenvalue weighted by Gasteiger charge is -2.16. The fourth-order valence-corrected chi connectivity index (χ4v) is 1.55. The predicted molar refractivity (Wildman–Crippen MR) is 45.8 cm³/mol. The van der Waals surface area contributed by atoms with E-state index in [2.05, 4.69) is 31.0 Å². The van der Waals surface area contributed by atoms with Gasteiger partial charge in [0.25, 0.3) is 0 Å². The van der Waals surface area contributed by atoms with Gasteiger partial charge in [-0.25, -0.2) is 0 Å². The first-order chi connectivity index (χ1) is 5.59. The van der Waals surface area contributed by atoms with E-state index in [9.17, 15) is 0 Å². The first-order valence-electron chi connectivity index (χ1n) is 4.23. The van der Waals surface area contributed by atoms with Crippen LogP contribution in [0.3, 0.4) is 0 Å². The molecule has 0 bridgehead atoms. The molecule has 0 fully saturated rings. The van der Waals surface area contributed by atoms with Crippen molar-refractivity contribution in [3.05, 3.63) is 17.0 Å². The van der Waals surface area contributed by atoms with Crippen LogP contribution in [0, 0.1) is 0 Å². The molecule has 0 saturated heterocycles. The first kappa shape index (κ1) is 7.80. The number of hydrogen-bond donors (Lipinski definition) is 1. The van der Waals surface area contributed by atoms with Crippen LogP contribution in [0.1, 0.15) is 37.7 Å². The van der Waals surface area contributed by atoms with Crippen molar-refractivity contribution in [1.82, 2.24) is 10.2 Å². The molecule has 3 heteroatoms. The van der Waals surface area contributed by atoms with Crippen LogP contribution in [0.15, 0.2) is 0 Å². The van der Waals surface area contributed by atoms with Gasteiger partial charge in [0.2, 0.25) is 0 Å². The maximum absolute atomic E-state index is 5.32. The van der Waals surface area contributed by atoms with E-state index in [1.54, 1.807) is 0 Å². The fourth-order valence-electron chi connectivity index (χ4n) is 1.55. The zero-order chi connectivity index (χ0) is 8.77. The lowest BCUT2D eigenvalue weighted by Crippen LogP contribution is -2.14. The minimum absolute atomic E-state index is 0.123. The van der Waals surface area contributed by atoms with Gasteiger partial charge in [-0.3, -0.25) is 5.10 Å². The number of aromatic nitrogens is 2. The lowest BCUT2D eigenvalue weighted by molar-refractivity contribution is 0.130. The summed E-state index contributed by atoms with van der Waals surface area (Å²) < 4.78 is 5.32. The largest absolute Gasteiger partial charge is 0.370 e. The van der Waals surface area contributed by atoms with Crippen LogP contribution >= 0.6 is 0 Å². The second kappa shape index (κ2) is 2.33. The van der Waals surface area contributed by atoms with E-state index in [0.717, 1.165) is 18.0 Å². The number of fused-ring (bicyclic) bond motifs is 1. The highest BCUT2D eigenvalue weighted by atomic mass is 16.5. The third kappa shape index (κ3) is 1.05. The summed E-state index contributed by atoms with van der Waals surface area (Å²) in [5.41, 5.74) is 3.69. The Morgan fingerprint density at radius 2 is 2.08 bits per heavy atom. The summed E-state index contributed by atoms with van der Waals surface area (Å²) >= 11 is 0. The Bertz CT molecular complexity index is 296. The molecule has 2 heterocycles. The number of nitrogens with one attached hydrogen (secondary N) is 1. The molecule has 0 spiro atoms. The summed E-state index contributed by atoms with van der Waals surface area (Å²) in [4.78, 5) is 0. The van der Waals surface area contributed by atoms with Gasteiger partial charge in [0.05, 0.1) is 24.6 Å². The Morgan fingerprint density at radius 1 is 1.33 bits per heavy atom. The number of aromatic amines is 1. The average Bonchev–Trinajstić information content (AvgIpc) is 2.37. The van der Waals surface area contributed by atoms with Gasteiger partial charge in [-0.2, -0.15) is 5.10 Å². The molecule has 66 valence electrons. The molecule has 12 heavy (non-hydrogen) atoms. The summed E-state index contributed by atoms with van der Waals surface area (Å²) in [5.74, 6) is 0. The zero-order valence-electron chi connectivity index (χ0n) is 7.77. The van der Waals surface area contributed by atoms with Gasteiger partial charge >= 0.3 is 0 Å². The third-order valence-corrected chi connectivity index (χ3v) is 2.16. The van der Waals surface area contributed by atoms with Crippen molar-refractivity contribution >= 4 is 0 Å². The summed E-state index contributed by atoms with van der Waals surface area (Å²) in [6.07, 6.45) is 0. The zero-order valence-corrected chi connectivity index (χ0v) is 7.77. The highest BCUT2D eigenvalue weighted by Gasteiger charge is 2.26. The van der Waals surface area contributed by atoms with E-state index in [4.69, 9.17) is 4.74 Å². The number of nitrogens with zero attached hydrogens (tertiary/aromatic N) is 1. The molecule has 1 aliphatic rings. The van der Waals surface area contributed by atoms with Gasteiger partial charge in [0.15, 0.2) is 0 Å². The maximum atomic E-state index is 5.32. The number of H-pyrrole nitrogens is 1. The number of hydrogen-bond acceptors (Lipinski definition) is 2. The number of ether oxygens (including phenoxy) is 1. The van der Waals surface area contributed by atoms with Crippen LogP contribution in [0.5, 0.6) is 0 Å². The van der Waals surface area contributed by atoms with Crippen molar-refractivity contribution in [1.29, 1.82) is 0 Å². The fraction of sp³-hybridized carbons (Fsp3) is 0.667. The normalized spacial score (nSPS) is 16.6. The molecule has 2 rings (SSSR count). The monoisotopic (exact) mass is 166 g/mol. The van der Waals surface area contributed by atoms with Crippen LogP contribution in [-0.4, -0.2) is 10.2 Å². The van der Waals surface area contributed by atoms with Crippen LogP contribution in [0.4, 0.5) is 0 Å². The van der Waals surface area contributed by atoms with Gasteiger partial charge in [-0.15, -0.1) is 0 Å². The van der Waals surface area contributed by atoms with Crippen LogP contribution < -0.4 is 0 Å². The van der Waals surface area contributed by atoms with Gasteiger partial charge in [-0.1, -0.05) is 20.8 Å². The predicted octanol–water partition coefficient (Wildman–Crippen LogP) is 1.74. The summed E-state index contributed by atoms with van der Waals surface area (Å²) in [6.45, 7) is 7.92. The van der Waals surface area contributed by atoms with E-state index in [-0.39, 0.29) is 5.41 Å². The molecule has 3 nitrogen and oxygen atoms in total. The van der Waals surface area contributed by atoms with Gasteiger partial charge in [0.1, 0.15) is 0 Å². The Labute approximate surface area is 72.1 Å². The smallest absolute Gasteiger partial charge is 0.0890 e. The molecular formula is C9H14N2O. The van der Waals surface area contributed by atoms with Gasteiger partial charge in [-0.05, 0) is 0 Å². The number of rotatable bonds is 0. The molecule has 0 aliphatic carbocycles. The summed E-state index contributed by atoms with van der Waals surface area (Å²) in [7, 11) is 0. The topological polar surface area (TPSA) is 37.9 Å². The van der Waals surface area contributed by atoms with Crippen LogP contribution in [-0.2, 0) is 23.4 Å². The molecule has 0 aromatic carbocycles. The Kier molecular flexibility index (Phi) is 1.51.